The lowest BCUT2D eigenvalue weighted by atomic mass is 10.1. The maximum Gasteiger partial charge on any atom is 0.387 e. The first-order valence-electron chi connectivity index (χ1n) is 9.67. The Labute approximate surface area is 181 Å². The number of nitrogens with one attached hydrogen (secondary N) is 1. The van der Waals surface area contributed by atoms with Crippen molar-refractivity contribution < 1.29 is 32.0 Å². The number of fused-ring (bicyclic) bond motifs is 1. The van der Waals surface area contributed by atoms with Crippen LogP contribution in [0.4, 0.5) is 8.78 Å². The van der Waals surface area contributed by atoms with Crippen LogP contribution in [0, 0.1) is 6.92 Å². The summed E-state index contributed by atoms with van der Waals surface area (Å²) in [7, 11) is 1.37. The number of rotatable bonds is 8. The van der Waals surface area contributed by atoms with Gasteiger partial charge in [0, 0.05) is 6.54 Å². The molecule has 0 radical (unpaired) electrons. The number of hydrogen-bond donors (Lipinski definition) is 1. The van der Waals surface area contributed by atoms with Gasteiger partial charge in [0.2, 0.25) is 0 Å². The SMILES string of the molecule is COc1ccc(CCNC(=O)c2cc(-c3ccco3)nc3onc(C)c23)cc1OC(F)F. The molecule has 0 fully saturated rings. The van der Waals surface area contributed by atoms with Crippen molar-refractivity contribution >= 4 is 17.0 Å². The minimum Gasteiger partial charge on any atom is -0.493 e. The fourth-order valence-corrected chi connectivity index (χ4v) is 3.30. The average Bonchev–Trinajstić information content (AvgIpc) is 3.43. The van der Waals surface area contributed by atoms with Gasteiger partial charge in [-0.2, -0.15) is 8.78 Å². The summed E-state index contributed by atoms with van der Waals surface area (Å²) in [4.78, 5) is 17.3. The summed E-state index contributed by atoms with van der Waals surface area (Å²) in [5.41, 5.74) is 2.24. The van der Waals surface area contributed by atoms with Gasteiger partial charge in [0.25, 0.3) is 11.6 Å². The van der Waals surface area contributed by atoms with Crippen molar-refractivity contribution in [2.24, 2.45) is 0 Å². The molecular weight excluding hydrogens is 424 g/mol. The first-order valence-corrected chi connectivity index (χ1v) is 9.67. The van der Waals surface area contributed by atoms with Crippen LogP contribution in [0.15, 0.2) is 51.6 Å². The van der Waals surface area contributed by atoms with E-state index in [-0.39, 0.29) is 29.7 Å². The lowest BCUT2D eigenvalue weighted by molar-refractivity contribution is -0.0512. The zero-order chi connectivity index (χ0) is 22.7. The number of ether oxygens (including phenoxy) is 2. The van der Waals surface area contributed by atoms with Crippen LogP contribution in [0.2, 0.25) is 0 Å². The van der Waals surface area contributed by atoms with E-state index in [0.717, 1.165) is 0 Å². The maximum atomic E-state index is 13.0. The van der Waals surface area contributed by atoms with Crippen LogP contribution in [-0.2, 0) is 6.42 Å². The van der Waals surface area contributed by atoms with E-state index >= 15 is 0 Å². The Morgan fingerprint density at radius 3 is 2.78 bits per heavy atom. The number of benzene rings is 1. The highest BCUT2D eigenvalue weighted by Crippen LogP contribution is 2.30. The van der Waals surface area contributed by atoms with Gasteiger partial charge in [0.05, 0.1) is 30.0 Å². The van der Waals surface area contributed by atoms with E-state index in [1.54, 1.807) is 31.2 Å². The molecule has 0 bridgehead atoms. The largest absolute Gasteiger partial charge is 0.493 e. The van der Waals surface area contributed by atoms with Crippen molar-refractivity contribution in [3.8, 4) is 23.0 Å². The molecule has 1 N–H and O–H groups in total. The van der Waals surface area contributed by atoms with Crippen LogP contribution < -0.4 is 14.8 Å². The summed E-state index contributed by atoms with van der Waals surface area (Å²) in [5, 5.41) is 7.24. The smallest absolute Gasteiger partial charge is 0.387 e. The number of carbonyl (C=O) groups is 1. The molecule has 166 valence electrons. The van der Waals surface area contributed by atoms with Gasteiger partial charge in [-0.15, -0.1) is 0 Å². The number of aromatic nitrogens is 2. The van der Waals surface area contributed by atoms with E-state index in [4.69, 9.17) is 13.7 Å². The molecule has 32 heavy (non-hydrogen) atoms. The molecule has 3 aromatic heterocycles. The number of aryl methyl sites for hydroxylation is 1. The van der Waals surface area contributed by atoms with E-state index in [2.05, 4.69) is 20.2 Å². The zero-order valence-electron chi connectivity index (χ0n) is 17.2. The molecule has 3 heterocycles. The van der Waals surface area contributed by atoms with Crippen molar-refractivity contribution in [2.75, 3.05) is 13.7 Å². The number of methoxy groups -OCH3 is 1. The van der Waals surface area contributed by atoms with Gasteiger partial charge in [0.15, 0.2) is 17.3 Å². The molecular formula is C22H19F2N3O5. The number of pyridine rings is 1. The highest BCUT2D eigenvalue weighted by molar-refractivity contribution is 6.06. The quantitative estimate of drug-likeness (QED) is 0.432. The van der Waals surface area contributed by atoms with Crippen LogP contribution in [0.1, 0.15) is 21.6 Å². The van der Waals surface area contributed by atoms with Gasteiger partial charge < -0.3 is 23.7 Å². The molecule has 0 aliphatic rings. The molecule has 0 spiro atoms. The van der Waals surface area contributed by atoms with Gasteiger partial charge in [-0.05, 0) is 49.2 Å². The number of alkyl halides is 2. The fraction of sp³-hybridized carbons (Fsp3) is 0.227. The Balaban J connectivity index is 1.52. The Morgan fingerprint density at radius 1 is 1.22 bits per heavy atom. The van der Waals surface area contributed by atoms with Gasteiger partial charge in [-0.25, -0.2) is 4.98 Å². The third-order valence-electron chi connectivity index (χ3n) is 4.78. The molecule has 0 saturated carbocycles. The number of nitrogens with zero attached hydrogens (tertiary/aromatic N) is 2. The second kappa shape index (κ2) is 9.04. The van der Waals surface area contributed by atoms with Crippen LogP contribution >= 0.6 is 0 Å². The maximum absolute atomic E-state index is 13.0. The van der Waals surface area contributed by atoms with E-state index in [1.807, 2.05) is 0 Å². The van der Waals surface area contributed by atoms with E-state index in [9.17, 15) is 13.6 Å². The first-order chi connectivity index (χ1) is 15.5. The molecule has 0 unspecified atom stereocenters. The van der Waals surface area contributed by atoms with E-state index in [1.165, 1.54) is 25.5 Å². The number of hydrogen-bond acceptors (Lipinski definition) is 7. The highest BCUT2D eigenvalue weighted by atomic mass is 19.3. The summed E-state index contributed by atoms with van der Waals surface area (Å²) in [6, 6.07) is 9.77. The van der Waals surface area contributed by atoms with Gasteiger partial charge in [-0.3, -0.25) is 4.79 Å². The van der Waals surface area contributed by atoms with Crippen molar-refractivity contribution in [2.45, 2.75) is 20.0 Å². The Bertz CT molecular complexity index is 1240. The molecule has 1 amide bonds. The third kappa shape index (κ3) is 4.39. The highest BCUT2D eigenvalue weighted by Gasteiger charge is 2.20. The summed E-state index contributed by atoms with van der Waals surface area (Å²) in [6.45, 7) is -0.995. The molecule has 0 aliphatic heterocycles. The minimum atomic E-state index is -2.97. The van der Waals surface area contributed by atoms with Gasteiger partial charge >= 0.3 is 6.61 Å². The van der Waals surface area contributed by atoms with Crippen molar-refractivity contribution in [3.05, 3.63) is 59.5 Å². The van der Waals surface area contributed by atoms with Crippen LogP contribution in [0.25, 0.3) is 22.6 Å². The van der Waals surface area contributed by atoms with Crippen molar-refractivity contribution in [3.63, 3.8) is 0 Å². The van der Waals surface area contributed by atoms with Crippen molar-refractivity contribution in [1.29, 1.82) is 0 Å². The van der Waals surface area contributed by atoms with Crippen LogP contribution in [0.3, 0.4) is 0 Å². The lowest BCUT2D eigenvalue weighted by Crippen LogP contribution is -2.26. The average molecular weight is 443 g/mol. The predicted molar refractivity (Wildman–Crippen MR) is 110 cm³/mol. The molecule has 4 rings (SSSR count). The summed E-state index contributed by atoms with van der Waals surface area (Å²) >= 11 is 0. The summed E-state index contributed by atoms with van der Waals surface area (Å²) in [6.07, 6.45) is 1.89. The minimum absolute atomic E-state index is 0.0645. The fourth-order valence-electron chi connectivity index (χ4n) is 3.30. The number of carbonyl (C=O) groups excluding carboxylic acids is 1. The molecule has 0 aliphatic carbocycles. The first kappa shape index (κ1) is 21.3. The van der Waals surface area contributed by atoms with Crippen LogP contribution in [0.5, 0.6) is 11.5 Å². The molecule has 0 saturated heterocycles. The Kier molecular flexibility index (Phi) is 6.02. The van der Waals surface area contributed by atoms with E-state index in [0.29, 0.717) is 40.1 Å². The molecule has 8 nitrogen and oxygen atoms in total. The molecule has 10 heteroatoms. The topological polar surface area (TPSA) is 99.6 Å². The normalized spacial score (nSPS) is 11.2. The van der Waals surface area contributed by atoms with Crippen LogP contribution in [-0.4, -0.2) is 36.3 Å². The Hall–Kier alpha value is -3.95. The monoisotopic (exact) mass is 443 g/mol. The second-order valence-corrected chi connectivity index (χ2v) is 6.85. The van der Waals surface area contributed by atoms with Gasteiger partial charge in [-0.1, -0.05) is 11.2 Å². The number of amides is 1. The standard InChI is InChI=1S/C22H19F2N3O5/c1-12-19-14(11-15(16-4-3-9-30-16)26-21(19)32-27-12)20(28)25-8-7-13-5-6-17(29-2)18(10-13)31-22(23)24/h3-6,9-11,22H,7-8H2,1-2H3,(H,25,28). The second-order valence-electron chi connectivity index (χ2n) is 6.85. The lowest BCUT2D eigenvalue weighted by Gasteiger charge is -2.12. The Morgan fingerprint density at radius 2 is 2.06 bits per heavy atom. The van der Waals surface area contributed by atoms with Gasteiger partial charge in [0.1, 0.15) is 5.69 Å². The zero-order valence-corrected chi connectivity index (χ0v) is 17.2. The summed E-state index contributed by atoms with van der Waals surface area (Å²) in [5.74, 6) is 0.268. The molecule has 0 atom stereocenters. The molecule has 4 aromatic rings. The van der Waals surface area contributed by atoms with Crippen molar-refractivity contribution in [1.82, 2.24) is 15.5 Å². The third-order valence-corrected chi connectivity index (χ3v) is 4.78. The van der Waals surface area contributed by atoms with E-state index < -0.39 is 6.61 Å². The summed E-state index contributed by atoms with van der Waals surface area (Å²) < 4.78 is 45.4. The molecule has 1 aromatic carbocycles. The number of furan rings is 1. The predicted octanol–water partition coefficient (Wildman–Crippen LogP) is 4.37. The number of halogens is 2.